The molecule has 0 radical (unpaired) electrons. The Labute approximate surface area is 189 Å². The zero-order valence-electron chi connectivity index (χ0n) is 16.2. The van der Waals surface area contributed by atoms with E-state index in [2.05, 4.69) is 20.3 Å². The van der Waals surface area contributed by atoms with Crippen LogP contribution in [0.4, 0.5) is 10.8 Å². The molecule has 0 unspecified atom stereocenters. The molecule has 0 saturated carbocycles. The van der Waals surface area contributed by atoms with Crippen molar-refractivity contribution in [2.45, 2.75) is 4.90 Å². The molecule has 0 atom stereocenters. The fourth-order valence-electron chi connectivity index (χ4n) is 2.45. The fraction of sp³-hybridized carbons (Fsp3) is 0.0500. The number of sulfonamides is 1. The molecule has 0 bridgehead atoms. The number of nitrogens with one attached hydrogen (secondary N) is 3. The molecule has 0 fully saturated rings. The van der Waals surface area contributed by atoms with Crippen LogP contribution in [0, 0.1) is 0 Å². The lowest BCUT2D eigenvalue weighted by Crippen LogP contribution is -2.32. The van der Waals surface area contributed by atoms with Crippen LogP contribution in [0.2, 0.25) is 0 Å². The van der Waals surface area contributed by atoms with Crippen LogP contribution in [0.5, 0.6) is 5.75 Å². The number of hydrogen-bond donors (Lipinski definition) is 3. The van der Waals surface area contributed by atoms with Gasteiger partial charge in [-0.25, -0.2) is 13.4 Å². The minimum atomic E-state index is -3.74. The molecule has 1 aromatic heterocycles. The maximum Gasteiger partial charge on any atom is 0.263 e. The van der Waals surface area contributed by atoms with Crippen LogP contribution in [-0.2, 0) is 14.8 Å². The van der Waals surface area contributed by atoms with E-state index in [-0.39, 0.29) is 15.1 Å². The number of thiocarbonyl (C=S) groups is 1. The molecule has 3 aromatic rings. The third-order valence-corrected chi connectivity index (χ3v) is 6.24. The zero-order chi connectivity index (χ0) is 22.3. The van der Waals surface area contributed by atoms with E-state index in [1.54, 1.807) is 36.8 Å². The normalized spacial score (nSPS) is 11.1. The molecule has 0 aliphatic carbocycles. The van der Waals surface area contributed by atoms with Crippen LogP contribution in [-0.4, -0.2) is 31.5 Å². The van der Waals surface area contributed by atoms with Crippen molar-refractivity contribution in [3.63, 3.8) is 0 Å². The number of ether oxygens (including phenoxy) is 1. The predicted molar refractivity (Wildman–Crippen MR) is 126 cm³/mol. The van der Waals surface area contributed by atoms with Gasteiger partial charge in [0.1, 0.15) is 5.75 Å². The second kappa shape index (κ2) is 10.2. The second-order valence-electron chi connectivity index (χ2n) is 5.99. The Morgan fingerprint density at radius 2 is 1.90 bits per heavy atom. The van der Waals surface area contributed by atoms with Gasteiger partial charge in [-0.1, -0.05) is 18.2 Å². The molecule has 160 valence electrons. The van der Waals surface area contributed by atoms with E-state index in [0.29, 0.717) is 11.4 Å². The minimum absolute atomic E-state index is 0.0722. The smallest absolute Gasteiger partial charge is 0.263 e. The van der Waals surface area contributed by atoms with Crippen molar-refractivity contribution in [1.29, 1.82) is 0 Å². The Morgan fingerprint density at radius 3 is 2.58 bits per heavy atom. The van der Waals surface area contributed by atoms with Gasteiger partial charge in [-0.3, -0.25) is 14.8 Å². The van der Waals surface area contributed by atoms with Crippen LogP contribution >= 0.6 is 23.6 Å². The Balaban J connectivity index is 1.57. The fourth-order valence-corrected chi connectivity index (χ4v) is 4.46. The molecule has 8 nitrogen and oxygen atoms in total. The lowest BCUT2D eigenvalue weighted by Gasteiger charge is -2.10. The van der Waals surface area contributed by atoms with Crippen LogP contribution in [0.15, 0.2) is 71.1 Å². The van der Waals surface area contributed by atoms with Crippen LogP contribution < -0.4 is 20.1 Å². The van der Waals surface area contributed by atoms with Gasteiger partial charge in [0.15, 0.2) is 10.2 Å². The number of benzene rings is 2. The van der Waals surface area contributed by atoms with Crippen LogP contribution in [0.25, 0.3) is 6.08 Å². The highest BCUT2D eigenvalue weighted by molar-refractivity contribution is 7.93. The summed E-state index contributed by atoms with van der Waals surface area (Å²) in [5.74, 6) is 0.224. The SMILES string of the molecule is COc1ccccc1/C=C/C(=O)NC(=S)Nc1ccc(S(=O)(=O)Nc2nccs2)cc1. The minimum Gasteiger partial charge on any atom is -0.496 e. The standard InChI is InChI=1S/C20H18N4O4S3/c1-28-17-5-3-2-4-14(17)6-11-18(25)23-19(29)22-15-7-9-16(10-8-15)31(26,27)24-20-21-12-13-30-20/h2-13H,1H3,(H,21,24)(H2,22,23,25,29)/b11-6+. The summed E-state index contributed by atoms with van der Waals surface area (Å²) < 4.78 is 32.3. The first-order valence-electron chi connectivity index (χ1n) is 8.83. The third kappa shape index (κ3) is 6.35. The zero-order valence-corrected chi connectivity index (χ0v) is 18.7. The molecule has 31 heavy (non-hydrogen) atoms. The number of carbonyl (C=O) groups excluding carboxylic acids is 1. The molecule has 0 saturated heterocycles. The number of rotatable bonds is 7. The third-order valence-electron chi connectivity index (χ3n) is 3.87. The van der Waals surface area contributed by atoms with Crippen molar-refractivity contribution < 1.29 is 17.9 Å². The molecule has 1 amide bonds. The number of anilines is 2. The predicted octanol–water partition coefficient (Wildman–Crippen LogP) is 3.48. The average molecular weight is 475 g/mol. The summed E-state index contributed by atoms with van der Waals surface area (Å²) >= 11 is 6.32. The number of methoxy groups -OCH3 is 1. The van der Waals surface area contributed by atoms with Crippen LogP contribution in [0.1, 0.15) is 5.56 Å². The number of carbonyl (C=O) groups is 1. The number of amides is 1. The van der Waals surface area contributed by atoms with Gasteiger partial charge in [0.05, 0.1) is 12.0 Å². The molecule has 3 N–H and O–H groups in total. The Kier molecular flexibility index (Phi) is 7.34. The summed E-state index contributed by atoms with van der Waals surface area (Å²) in [7, 11) is -2.19. The number of nitrogens with zero attached hydrogens (tertiary/aromatic N) is 1. The first-order valence-corrected chi connectivity index (χ1v) is 11.6. The maximum absolute atomic E-state index is 12.3. The highest BCUT2D eigenvalue weighted by atomic mass is 32.2. The summed E-state index contributed by atoms with van der Waals surface area (Å²) in [4.78, 5) is 16.1. The van der Waals surface area contributed by atoms with E-state index in [9.17, 15) is 13.2 Å². The van der Waals surface area contributed by atoms with Gasteiger partial charge in [0.2, 0.25) is 5.91 Å². The van der Waals surface area contributed by atoms with E-state index in [4.69, 9.17) is 17.0 Å². The van der Waals surface area contributed by atoms with Gasteiger partial charge in [-0.15, -0.1) is 11.3 Å². The number of para-hydroxylation sites is 1. The van der Waals surface area contributed by atoms with Crippen molar-refractivity contribution in [1.82, 2.24) is 10.3 Å². The van der Waals surface area contributed by atoms with Crippen molar-refractivity contribution >= 4 is 61.5 Å². The van der Waals surface area contributed by atoms with Gasteiger partial charge < -0.3 is 10.1 Å². The largest absolute Gasteiger partial charge is 0.496 e. The van der Waals surface area contributed by atoms with Crippen molar-refractivity contribution in [3.05, 3.63) is 71.7 Å². The van der Waals surface area contributed by atoms with Crippen molar-refractivity contribution in [2.75, 3.05) is 17.1 Å². The first kappa shape index (κ1) is 22.4. The molecular weight excluding hydrogens is 456 g/mol. The monoisotopic (exact) mass is 474 g/mol. The van der Waals surface area contributed by atoms with Gasteiger partial charge in [0.25, 0.3) is 10.0 Å². The second-order valence-corrected chi connectivity index (χ2v) is 8.97. The highest BCUT2D eigenvalue weighted by Crippen LogP contribution is 2.20. The summed E-state index contributed by atoms with van der Waals surface area (Å²) in [6.07, 6.45) is 4.47. The summed E-state index contributed by atoms with van der Waals surface area (Å²) in [6.45, 7) is 0. The number of aromatic nitrogens is 1. The van der Waals surface area contributed by atoms with Crippen molar-refractivity contribution in [3.8, 4) is 5.75 Å². The lowest BCUT2D eigenvalue weighted by atomic mass is 10.2. The lowest BCUT2D eigenvalue weighted by molar-refractivity contribution is -0.115. The highest BCUT2D eigenvalue weighted by Gasteiger charge is 2.15. The van der Waals surface area contributed by atoms with Crippen molar-refractivity contribution in [2.24, 2.45) is 0 Å². The van der Waals surface area contributed by atoms with E-state index in [1.807, 2.05) is 18.2 Å². The maximum atomic E-state index is 12.3. The summed E-state index contributed by atoms with van der Waals surface area (Å²) in [5.41, 5.74) is 1.27. The number of hydrogen-bond acceptors (Lipinski definition) is 7. The molecule has 2 aromatic carbocycles. The molecule has 0 aliphatic heterocycles. The van der Waals surface area contributed by atoms with E-state index < -0.39 is 15.9 Å². The molecule has 3 rings (SSSR count). The Bertz CT molecular complexity index is 1190. The van der Waals surface area contributed by atoms with E-state index in [0.717, 1.165) is 5.56 Å². The summed E-state index contributed by atoms with van der Waals surface area (Å²) in [6, 6.07) is 13.2. The van der Waals surface area contributed by atoms with Gasteiger partial charge >= 0.3 is 0 Å². The Hall–Kier alpha value is -3.28. The first-order chi connectivity index (χ1) is 14.9. The van der Waals surface area contributed by atoms with Gasteiger partial charge in [0, 0.05) is 28.9 Å². The molecule has 0 spiro atoms. The average Bonchev–Trinajstić information content (AvgIpc) is 3.25. The topological polar surface area (TPSA) is 109 Å². The molecular formula is C20H18N4O4S3. The summed E-state index contributed by atoms with van der Waals surface area (Å²) in [5, 5.41) is 7.39. The number of thiazole rings is 1. The van der Waals surface area contributed by atoms with Crippen LogP contribution in [0.3, 0.4) is 0 Å². The molecule has 1 heterocycles. The van der Waals surface area contributed by atoms with E-state index in [1.165, 1.54) is 35.7 Å². The van der Waals surface area contributed by atoms with Gasteiger partial charge in [-0.05, 0) is 48.6 Å². The van der Waals surface area contributed by atoms with E-state index >= 15 is 0 Å². The quantitative estimate of drug-likeness (QED) is 0.355. The van der Waals surface area contributed by atoms with Gasteiger partial charge in [-0.2, -0.15) is 0 Å². The molecule has 0 aliphatic rings. The Morgan fingerprint density at radius 1 is 1.16 bits per heavy atom. The molecule has 11 heteroatoms.